The van der Waals surface area contributed by atoms with Gasteiger partial charge < -0.3 is 9.64 Å². The Morgan fingerprint density at radius 2 is 1.78 bits per heavy atom. The lowest BCUT2D eigenvalue weighted by molar-refractivity contribution is -0.143. The lowest BCUT2D eigenvalue weighted by Gasteiger charge is -2.38. The third-order valence-electron chi connectivity index (χ3n) is 6.67. The average molecular weight is 450 g/mol. The highest BCUT2D eigenvalue weighted by Crippen LogP contribution is 2.47. The van der Waals surface area contributed by atoms with Gasteiger partial charge in [0.1, 0.15) is 23.2 Å². The average Bonchev–Trinajstić information content (AvgIpc) is 3.27. The summed E-state index contributed by atoms with van der Waals surface area (Å²) in [4.78, 5) is 19.7. The van der Waals surface area contributed by atoms with Gasteiger partial charge in [0.2, 0.25) is 5.91 Å². The van der Waals surface area contributed by atoms with E-state index in [0.29, 0.717) is 56.8 Å². The maximum absolute atomic E-state index is 13.7. The topological polar surface area (TPSA) is 48.9 Å². The molecule has 0 saturated carbocycles. The van der Waals surface area contributed by atoms with Crippen LogP contribution in [-0.4, -0.2) is 53.7 Å². The van der Waals surface area contributed by atoms with Gasteiger partial charge in [-0.05, 0) is 49.1 Å². The number of aromatic nitrogens is 1. The summed E-state index contributed by atoms with van der Waals surface area (Å²) in [5.41, 5.74) is -0.0668. The maximum Gasteiger partial charge on any atom is 0.387 e. The lowest BCUT2D eigenvalue weighted by Crippen LogP contribution is -2.46. The molecule has 1 aromatic heterocycles. The molecule has 4 heterocycles. The molecule has 3 saturated heterocycles. The number of pyridine rings is 1. The molecule has 3 aliphatic rings. The van der Waals surface area contributed by atoms with Crippen molar-refractivity contribution >= 4 is 11.7 Å². The number of amides is 1. The number of benzene rings is 1. The molecule has 1 atom stereocenters. The number of ether oxygens (including phenoxy) is 1. The van der Waals surface area contributed by atoms with Crippen LogP contribution in [0, 0.1) is 17.0 Å². The number of hydrazine groups is 1. The molecule has 3 fully saturated rings. The van der Waals surface area contributed by atoms with Crippen molar-refractivity contribution in [2.24, 2.45) is 5.41 Å². The molecule has 6 nitrogen and oxygen atoms in total. The van der Waals surface area contributed by atoms with Gasteiger partial charge in [-0.3, -0.25) is 9.80 Å². The number of carbonyl (C=O) groups is 1. The molecule has 1 aromatic carbocycles. The third kappa shape index (κ3) is 3.66. The Morgan fingerprint density at radius 3 is 2.41 bits per heavy atom. The summed E-state index contributed by atoms with van der Waals surface area (Å²) in [6.45, 7) is -0.470. The van der Waals surface area contributed by atoms with Crippen molar-refractivity contribution in [3.8, 4) is 5.75 Å². The molecule has 1 spiro atoms. The van der Waals surface area contributed by atoms with Gasteiger partial charge in [-0.15, -0.1) is 0 Å². The Labute approximate surface area is 182 Å². The predicted molar refractivity (Wildman–Crippen MR) is 107 cm³/mol. The number of piperidine rings is 1. The second-order valence-corrected chi connectivity index (χ2v) is 8.54. The largest absolute Gasteiger partial charge is 0.433 e. The fraction of sp³-hybridized carbons (Fsp3) is 0.455. The van der Waals surface area contributed by atoms with E-state index >= 15 is 0 Å². The summed E-state index contributed by atoms with van der Waals surface area (Å²) in [5, 5.41) is 3.69. The minimum atomic E-state index is -2.90. The minimum Gasteiger partial charge on any atom is -0.433 e. The highest BCUT2D eigenvalue weighted by molar-refractivity contribution is 5.85. The Kier molecular flexibility index (Phi) is 5.19. The van der Waals surface area contributed by atoms with E-state index in [4.69, 9.17) is 0 Å². The fourth-order valence-corrected chi connectivity index (χ4v) is 5.13. The lowest BCUT2D eigenvalue weighted by atomic mass is 9.77. The minimum absolute atomic E-state index is 0.00189. The van der Waals surface area contributed by atoms with E-state index in [-0.39, 0.29) is 17.7 Å². The number of anilines is 1. The first-order valence-electron chi connectivity index (χ1n) is 10.5. The Bertz CT molecular complexity index is 991. The van der Waals surface area contributed by atoms with Crippen LogP contribution in [0.15, 0.2) is 36.5 Å². The van der Waals surface area contributed by atoms with Crippen molar-refractivity contribution in [1.29, 1.82) is 0 Å². The Hall–Kier alpha value is -2.88. The molecule has 10 heteroatoms. The Morgan fingerprint density at radius 1 is 1.06 bits per heavy atom. The summed E-state index contributed by atoms with van der Waals surface area (Å²) in [6, 6.07) is 6.14. The number of nitrogens with zero attached hydrogens (tertiary/aromatic N) is 4. The zero-order chi connectivity index (χ0) is 22.5. The van der Waals surface area contributed by atoms with Crippen molar-refractivity contribution in [1.82, 2.24) is 15.0 Å². The van der Waals surface area contributed by atoms with Crippen LogP contribution in [0.3, 0.4) is 0 Å². The molecule has 0 N–H and O–H groups in total. The summed E-state index contributed by atoms with van der Waals surface area (Å²) < 4.78 is 56.5. The monoisotopic (exact) mass is 450 g/mol. The van der Waals surface area contributed by atoms with Crippen LogP contribution < -0.4 is 9.64 Å². The van der Waals surface area contributed by atoms with Crippen molar-refractivity contribution in [3.63, 3.8) is 0 Å². The molecule has 0 unspecified atom stereocenters. The second kappa shape index (κ2) is 7.91. The van der Waals surface area contributed by atoms with Crippen LogP contribution in [-0.2, 0) is 4.79 Å². The first-order valence-corrected chi connectivity index (χ1v) is 10.5. The highest BCUT2D eigenvalue weighted by Gasteiger charge is 2.56. The Balaban J connectivity index is 1.28. The molecule has 0 radical (unpaired) electrons. The SMILES string of the molecule is O=C1N2[C@H](c3cc(F)cc(F)c3)CCN2CC12CCN(c1ccc(OC(F)F)cn1)CC2. The van der Waals surface area contributed by atoms with E-state index < -0.39 is 23.7 Å². The zero-order valence-corrected chi connectivity index (χ0v) is 17.2. The van der Waals surface area contributed by atoms with E-state index in [1.165, 1.54) is 24.4 Å². The molecule has 32 heavy (non-hydrogen) atoms. The van der Waals surface area contributed by atoms with Crippen LogP contribution in [0.5, 0.6) is 5.75 Å². The van der Waals surface area contributed by atoms with E-state index in [1.54, 1.807) is 11.1 Å². The number of rotatable bonds is 4. The van der Waals surface area contributed by atoms with Crippen LogP contribution in [0.25, 0.3) is 0 Å². The predicted octanol–water partition coefficient (Wildman–Crippen LogP) is 3.75. The molecular formula is C22H22F4N4O2. The first kappa shape index (κ1) is 21.0. The first-order chi connectivity index (χ1) is 15.3. The smallest absolute Gasteiger partial charge is 0.387 e. The molecule has 2 aromatic rings. The van der Waals surface area contributed by atoms with Crippen LogP contribution >= 0.6 is 0 Å². The molecular weight excluding hydrogens is 428 g/mol. The van der Waals surface area contributed by atoms with E-state index in [2.05, 4.69) is 9.72 Å². The zero-order valence-electron chi connectivity index (χ0n) is 17.2. The van der Waals surface area contributed by atoms with Crippen LogP contribution in [0.1, 0.15) is 30.9 Å². The van der Waals surface area contributed by atoms with Crippen molar-refractivity contribution < 1.29 is 27.1 Å². The number of hydrogen-bond acceptors (Lipinski definition) is 5. The summed E-state index contributed by atoms with van der Waals surface area (Å²) >= 11 is 0. The van der Waals surface area contributed by atoms with Gasteiger partial charge in [0.25, 0.3) is 0 Å². The van der Waals surface area contributed by atoms with Gasteiger partial charge in [-0.1, -0.05) is 0 Å². The molecule has 0 aliphatic carbocycles. The normalized spacial score (nSPS) is 22.8. The van der Waals surface area contributed by atoms with Gasteiger partial charge in [0.05, 0.1) is 17.7 Å². The number of hydrogen-bond donors (Lipinski definition) is 0. The summed E-state index contributed by atoms with van der Waals surface area (Å²) in [6.07, 6.45) is 3.12. The maximum atomic E-state index is 13.7. The summed E-state index contributed by atoms with van der Waals surface area (Å²) in [5.74, 6) is -0.661. The van der Waals surface area contributed by atoms with E-state index in [1.807, 2.05) is 9.91 Å². The fourth-order valence-electron chi connectivity index (χ4n) is 5.13. The standard InChI is InChI=1S/C22H22F4N4O2/c23-15-9-14(10-16(24)11-15)18-3-6-29-13-22(20(31)30(18)29)4-7-28(8-5-22)19-2-1-17(12-27-19)32-21(25)26/h1-2,9-12,18,21H,3-8,13H2/t18-/m0/s1. The van der Waals surface area contributed by atoms with Gasteiger partial charge in [0.15, 0.2) is 0 Å². The van der Waals surface area contributed by atoms with E-state index in [0.717, 1.165) is 6.07 Å². The molecule has 0 bridgehead atoms. The number of alkyl halides is 2. The number of fused-ring (bicyclic) bond motifs is 1. The van der Waals surface area contributed by atoms with Crippen LogP contribution in [0.2, 0.25) is 0 Å². The third-order valence-corrected chi connectivity index (χ3v) is 6.67. The van der Waals surface area contributed by atoms with Gasteiger partial charge in [-0.2, -0.15) is 8.78 Å². The molecule has 3 aliphatic heterocycles. The second-order valence-electron chi connectivity index (χ2n) is 8.54. The van der Waals surface area contributed by atoms with Crippen molar-refractivity contribution in [3.05, 3.63) is 53.7 Å². The quantitative estimate of drug-likeness (QED) is 0.665. The van der Waals surface area contributed by atoms with Crippen molar-refractivity contribution in [2.75, 3.05) is 31.1 Å². The molecule has 1 amide bonds. The van der Waals surface area contributed by atoms with Gasteiger partial charge in [0, 0.05) is 32.2 Å². The number of carbonyl (C=O) groups excluding carboxylic acids is 1. The van der Waals surface area contributed by atoms with Crippen LogP contribution in [0.4, 0.5) is 23.4 Å². The highest BCUT2D eigenvalue weighted by atomic mass is 19.3. The molecule has 5 rings (SSSR count). The number of halogens is 4. The van der Waals surface area contributed by atoms with Crippen molar-refractivity contribution in [2.45, 2.75) is 31.9 Å². The van der Waals surface area contributed by atoms with Gasteiger partial charge >= 0.3 is 6.61 Å². The summed E-state index contributed by atoms with van der Waals surface area (Å²) in [7, 11) is 0. The van der Waals surface area contributed by atoms with E-state index in [9.17, 15) is 22.4 Å². The van der Waals surface area contributed by atoms with Gasteiger partial charge in [-0.25, -0.2) is 18.8 Å². The molecule has 170 valence electrons.